The van der Waals surface area contributed by atoms with Gasteiger partial charge in [-0.15, -0.1) is 11.8 Å². The third-order valence-corrected chi connectivity index (χ3v) is 5.36. The van der Waals surface area contributed by atoms with Gasteiger partial charge in [0.2, 0.25) is 11.8 Å². The quantitative estimate of drug-likeness (QED) is 0.660. The van der Waals surface area contributed by atoms with Crippen LogP contribution in [0.1, 0.15) is 26.2 Å². The first-order valence-electron chi connectivity index (χ1n) is 8.70. The average molecular weight is 367 g/mol. The Morgan fingerprint density at radius 3 is 2.80 bits per heavy atom. The summed E-state index contributed by atoms with van der Waals surface area (Å²) in [5.41, 5.74) is 0.546. The zero-order chi connectivity index (χ0) is 18.1. The number of rotatable bonds is 8. The Hall–Kier alpha value is -1.60. The minimum atomic E-state index is -0.346. The summed E-state index contributed by atoms with van der Waals surface area (Å²) in [6, 6.07) is 5.60. The number of halogens is 1. The number of piperidine rings is 1. The molecule has 5 nitrogen and oxygen atoms in total. The minimum Gasteiger partial charge on any atom is -0.355 e. The molecule has 1 aromatic rings. The maximum atomic E-state index is 12.8. The summed E-state index contributed by atoms with van der Waals surface area (Å²) in [7, 11) is 0. The fraction of sp³-hybridized carbons (Fsp3) is 0.556. The molecule has 1 fully saturated rings. The van der Waals surface area contributed by atoms with E-state index in [-0.39, 0.29) is 28.6 Å². The topological polar surface area (TPSA) is 70.2 Å². The molecule has 2 unspecified atom stereocenters. The molecule has 0 aromatic heterocycles. The smallest absolute Gasteiger partial charge is 0.234 e. The van der Waals surface area contributed by atoms with Crippen LogP contribution in [0.5, 0.6) is 0 Å². The van der Waals surface area contributed by atoms with Crippen molar-refractivity contribution in [1.29, 1.82) is 0 Å². The first-order valence-corrected chi connectivity index (χ1v) is 9.75. The zero-order valence-electron chi connectivity index (χ0n) is 14.5. The van der Waals surface area contributed by atoms with Gasteiger partial charge in [-0.2, -0.15) is 0 Å². The van der Waals surface area contributed by atoms with Crippen molar-refractivity contribution in [2.24, 2.45) is 5.92 Å². The highest BCUT2D eigenvalue weighted by Gasteiger charge is 2.17. The van der Waals surface area contributed by atoms with Crippen molar-refractivity contribution in [3.8, 4) is 0 Å². The summed E-state index contributed by atoms with van der Waals surface area (Å²) in [5, 5.41) is 8.71. The third-order valence-electron chi connectivity index (χ3n) is 4.21. The molecule has 0 radical (unpaired) electrons. The number of amides is 2. The normalized spacial score (nSPS) is 18.4. The standard InChI is InChI=1S/C18H26FN3O2S/c1-13(18(24)21-10-8-14-3-2-9-20-11-14)25-12-17(23)22-16-6-4-15(19)5-7-16/h4-7,13-14,20H,2-3,8-12H2,1H3,(H,21,24)(H,22,23). The van der Waals surface area contributed by atoms with E-state index in [2.05, 4.69) is 16.0 Å². The highest BCUT2D eigenvalue weighted by Crippen LogP contribution is 2.15. The van der Waals surface area contributed by atoms with E-state index in [1.165, 1.54) is 48.9 Å². The molecule has 2 amide bonds. The molecular formula is C18H26FN3O2S. The number of thioether (sulfide) groups is 1. The molecule has 0 bridgehead atoms. The fourth-order valence-electron chi connectivity index (χ4n) is 2.72. The molecule has 25 heavy (non-hydrogen) atoms. The lowest BCUT2D eigenvalue weighted by molar-refractivity contribution is -0.120. The fourth-order valence-corrected chi connectivity index (χ4v) is 3.43. The van der Waals surface area contributed by atoms with E-state index in [0.717, 1.165) is 19.5 Å². The summed E-state index contributed by atoms with van der Waals surface area (Å²) >= 11 is 1.29. The molecular weight excluding hydrogens is 341 g/mol. The molecule has 1 saturated heterocycles. The van der Waals surface area contributed by atoms with E-state index < -0.39 is 0 Å². The highest BCUT2D eigenvalue weighted by molar-refractivity contribution is 8.01. The van der Waals surface area contributed by atoms with Crippen LogP contribution < -0.4 is 16.0 Å². The average Bonchev–Trinajstić information content (AvgIpc) is 2.62. The molecule has 3 N–H and O–H groups in total. The van der Waals surface area contributed by atoms with E-state index in [1.54, 1.807) is 6.92 Å². The molecule has 1 heterocycles. The van der Waals surface area contributed by atoms with E-state index in [9.17, 15) is 14.0 Å². The lowest BCUT2D eigenvalue weighted by Gasteiger charge is -2.23. The first kappa shape index (κ1) is 19.7. The first-order chi connectivity index (χ1) is 12.0. The van der Waals surface area contributed by atoms with E-state index >= 15 is 0 Å². The molecule has 0 saturated carbocycles. The van der Waals surface area contributed by atoms with Crippen LogP contribution in [-0.2, 0) is 9.59 Å². The Morgan fingerprint density at radius 2 is 2.12 bits per heavy atom. The Morgan fingerprint density at radius 1 is 1.36 bits per heavy atom. The van der Waals surface area contributed by atoms with Crippen LogP contribution in [0, 0.1) is 11.7 Å². The predicted molar refractivity (Wildman–Crippen MR) is 100 cm³/mol. The van der Waals surface area contributed by atoms with Crippen molar-refractivity contribution in [3.05, 3.63) is 30.1 Å². The molecule has 1 aliphatic rings. The SMILES string of the molecule is CC(SCC(=O)Nc1ccc(F)cc1)C(=O)NCCC1CCCNC1. The summed E-state index contributed by atoms with van der Waals surface area (Å²) < 4.78 is 12.8. The van der Waals surface area contributed by atoms with Crippen molar-refractivity contribution in [3.63, 3.8) is 0 Å². The molecule has 2 rings (SSSR count). The van der Waals surface area contributed by atoms with Gasteiger partial charge in [0.25, 0.3) is 0 Å². The van der Waals surface area contributed by atoms with E-state index in [0.29, 0.717) is 18.2 Å². The zero-order valence-corrected chi connectivity index (χ0v) is 15.3. The molecule has 1 aliphatic heterocycles. The van der Waals surface area contributed by atoms with Gasteiger partial charge < -0.3 is 16.0 Å². The van der Waals surface area contributed by atoms with Gasteiger partial charge in [0.15, 0.2) is 0 Å². The van der Waals surface area contributed by atoms with Gasteiger partial charge in [-0.05, 0) is 69.5 Å². The van der Waals surface area contributed by atoms with Crippen LogP contribution in [0.15, 0.2) is 24.3 Å². The second-order valence-electron chi connectivity index (χ2n) is 6.30. The van der Waals surface area contributed by atoms with Crippen molar-refractivity contribution in [2.45, 2.75) is 31.4 Å². The van der Waals surface area contributed by atoms with Crippen molar-refractivity contribution < 1.29 is 14.0 Å². The number of nitrogens with one attached hydrogen (secondary N) is 3. The van der Waals surface area contributed by atoms with Crippen LogP contribution in [0.4, 0.5) is 10.1 Å². The largest absolute Gasteiger partial charge is 0.355 e. The van der Waals surface area contributed by atoms with Crippen LogP contribution >= 0.6 is 11.8 Å². The monoisotopic (exact) mass is 367 g/mol. The maximum absolute atomic E-state index is 12.8. The second-order valence-corrected chi connectivity index (χ2v) is 7.63. The second kappa shape index (κ2) is 10.4. The number of carbonyl (C=O) groups is 2. The molecule has 0 spiro atoms. The van der Waals surface area contributed by atoms with E-state index in [1.807, 2.05) is 0 Å². The molecule has 138 valence electrons. The van der Waals surface area contributed by atoms with Crippen LogP contribution in [-0.4, -0.2) is 42.5 Å². The highest BCUT2D eigenvalue weighted by atomic mass is 32.2. The van der Waals surface area contributed by atoms with E-state index in [4.69, 9.17) is 0 Å². The van der Waals surface area contributed by atoms with Gasteiger partial charge in [0.1, 0.15) is 5.82 Å². The number of carbonyl (C=O) groups excluding carboxylic acids is 2. The summed E-state index contributed by atoms with van der Waals surface area (Å²) in [4.78, 5) is 24.0. The van der Waals surface area contributed by atoms with Gasteiger partial charge in [-0.1, -0.05) is 0 Å². The Kier molecular flexibility index (Phi) is 8.21. The summed E-state index contributed by atoms with van der Waals surface area (Å²) in [6.45, 7) is 4.60. The number of anilines is 1. The van der Waals surface area contributed by atoms with Crippen LogP contribution in [0.3, 0.4) is 0 Å². The van der Waals surface area contributed by atoms with Gasteiger partial charge in [0, 0.05) is 12.2 Å². The van der Waals surface area contributed by atoms with Gasteiger partial charge in [-0.25, -0.2) is 4.39 Å². The summed E-state index contributed by atoms with van der Waals surface area (Å²) in [5.74, 6) is 0.228. The number of hydrogen-bond donors (Lipinski definition) is 3. The van der Waals surface area contributed by atoms with Gasteiger partial charge in [-0.3, -0.25) is 9.59 Å². The maximum Gasteiger partial charge on any atom is 0.234 e. The summed E-state index contributed by atoms with van der Waals surface area (Å²) in [6.07, 6.45) is 3.41. The predicted octanol–water partition coefficient (Wildman–Crippen LogP) is 2.39. The van der Waals surface area contributed by atoms with Gasteiger partial charge in [0.05, 0.1) is 11.0 Å². The number of hydrogen-bond acceptors (Lipinski definition) is 4. The lowest BCUT2D eigenvalue weighted by atomic mass is 9.96. The van der Waals surface area contributed by atoms with Gasteiger partial charge >= 0.3 is 0 Å². The Bertz CT molecular complexity index is 562. The lowest BCUT2D eigenvalue weighted by Crippen LogP contribution is -2.36. The Balaban J connectivity index is 1.61. The Labute approximate surface area is 152 Å². The van der Waals surface area contributed by atoms with Crippen LogP contribution in [0.2, 0.25) is 0 Å². The van der Waals surface area contributed by atoms with Crippen molar-refractivity contribution in [1.82, 2.24) is 10.6 Å². The van der Waals surface area contributed by atoms with Crippen molar-refractivity contribution >= 4 is 29.3 Å². The molecule has 7 heteroatoms. The number of benzene rings is 1. The molecule has 1 aromatic carbocycles. The molecule has 2 atom stereocenters. The third kappa shape index (κ3) is 7.44. The minimum absolute atomic E-state index is 0.0386. The van der Waals surface area contributed by atoms with Crippen LogP contribution in [0.25, 0.3) is 0 Å². The molecule has 0 aliphatic carbocycles. The van der Waals surface area contributed by atoms with Crippen molar-refractivity contribution in [2.75, 3.05) is 30.7 Å².